The number of rotatable bonds is 4. The Balaban J connectivity index is 1.54. The number of nitriles is 1. The van der Waals surface area contributed by atoms with Gasteiger partial charge in [0.2, 0.25) is 0 Å². The van der Waals surface area contributed by atoms with Gasteiger partial charge in [0.05, 0.1) is 17.2 Å². The lowest BCUT2D eigenvalue weighted by molar-refractivity contribution is 0.0684. The van der Waals surface area contributed by atoms with E-state index in [2.05, 4.69) is 11.2 Å². The van der Waals surface area contributed by atoms with Gasteiger partial charge in [-0.05, 0) is 43.4 Å². The van der Waals surface area contributed by atoms with Crippen molar-refractivity contribution in [2.75, 3.05) is 13.1 Å². The standard InChI is InChI=1S/C18H20N4O/c19-14-16-4-1-2-5-17(16)18(23)21-11-6-15(7-12-21)8-13-22-10-3-9-20-22/h1-5,9-10,15H,6-8,11-13H2. The van der Waals surface area contributed by atoms with Gasteiger partial charge in [-0.2, -0.15) is 10.4 Å². The fourth-order valence-corrected chi connectivity index (χ4v) is 3.11. The second-order valence-electron chi connectivity index (χ2n) is 5.95. The summed E-state index contributed by atoms with van der Waals surface area (Å²) in [6, 6.07) is 11.1. The van der Waals surface area contributed by atoms with Crippen molar-refractivity contribution in [3.05, 3.63) is 53.9 Å². The first kappa shape index (κ1) is 15.3. The number of carbonyl (C=O) groups is 1. The molecule has 0 aliphatic carbocycles. The normalized spacial score (nSPS) is 15.3. The van der Waals surface area contributed by atoms with Crippen LogP contribution in [0.1, 0.15) is 35.2 Å². The third kappa shape index (κ3) is 3.59. The molecule has 0 radical (unpaired) electrons. The lowest BCUT2D eigenvalue weighted by Crippen LogP contribution is -2.39. The third-order valence-corrected chi connectivity index (χ3v) is 4.51. The van der Waals surface area contributed by atoms with E-state index in [1.807, 2.05) is 27.9 Å². The van der Waals surface area contributed by atoms with Crippen LogP contribution in [0.4, 0.5) is 0 Å². The molecule has 1 aliphatic rings. The Morgan fingerprint density at radius 3 is 2.74 bits per heavy atom. The fraction of sp³-hybridized carbons (Fsp3) is 0.389. The van der Waals surface area contributed by atoms with Crippen LogP contribution in [-0.4, -0.2) is 33.7 Å². The van der Waals surface area contributed by atoms with E-state index in [0.717, 1.165) is 38.9 Å². The van der Waals surface area contributed by atoms with Crippen LogP contribution in [0, 0.1) is 17.2 Å². The summed E-state index contributed by atoms with van der Waals surface area (Å²) >= 11 is 0. The Morgan fingerprint density at radius 2 is 2.04 bits per heavy atom. The Hall–Kier alpha value is -2.61. The molecule has 0 saturated carbocycles. The summed E-state index contributed by atoms with van der Waals surface area (Å²) in [7, 11) is 0. The Kier molecular flexibility index (Phi) is 4.72. The first-order valence-corrected chi connectivity index (χ1v) is 8.04. The molecule has 118 valence electrons. The summed E-state index contributed by atoms with van der Waals surface area (Å²) in [5.41, 5.74) is 0.975. The molecule has 0 spiro atoms. The zero-order chi connectivity index (χ0) is 16.1. The maximum absolute atomic E-state index is 12.6. The largest absolute Gasteiger partial charge is 0.339 e. The predicted molar refractivity (Wildman–Crippen MR) is 86.6 cm³/mol. The molecule has 0 N–H and O–H groups in total. The van der Waals surface area contributed by atoms with Gasteiger partial charge in [-0.3, -0.25) is 9.48 Å². The van der Waals surface area contributed by atoms with Crippen molar-refractivity contribution in [3.63, 3.8) is 0 Å². The van der Waals surface area contributed by atoms with Crippen molar-refractivity contribution in [3.8, 4) is 6.07 Å². The number of piperidine rings is 1. The summed E-state index contributed by atoms with van der Waals surface area (Å²) in [4.78, 5) is 14.5. The summed E-state index contributed by atoms with van der Waals surface area (Å²) in [5, 5.41) is 13.4. The van der Waals surface area contributed by atoms with Crippen molar-refractivity contribution >= 4 is 5.91 Å². The van der Waals surface area contributed by atoms with E-state index in [9.17, 15) is 4.79 Å². The summed E-state index contributed by atoms with van der Waals surface area (Å²) in [6.45, 7) is 2.47. The molecule has 1 saturated heterocycles. The minimum absolute atomic E-state index is 0.0207. The molecule has 1 aromatic carbocycles. The summed E-state index contributed by atoms with van der Waals surface area (Å²) in [6.07, 6.45) is 6.91. The number of benzene rings is 1. The zero-order valence-corrected chi connectivity index (χ0v) is 13.1. The van der Waals surface area contributed by atoms with E-state index in [0.29, 0.717) is 17.0 Å². The molecule has 1 aromatic heterocycles. The average Bonchev–Trinajstić information content (AvgIpc) is 3.13. The van der Waals surface area contributed by atoms with E-state index in [1.165, 1.54) is 0 Å². The predicted octanol–water partition coefficient (Wildman–Crippen LogP) is 2.70. The Bertz CT molecular complexity index is 694. The van der Waals surface area contributed by atoms with Crippen molar-refractivity contribution in [2.24, 2.45) is 5.92 Å². The second kappa shape index (κ2) is 7.10. The number of amides is 1. The number of aryl methyl sites for hydroxylation is 1. The first-order valence-electron chi connectivity index (χ1n) is 8.04. The lowest BCUT2D eigenvalue weighted by atomic mass is 9.93. The maximum Gasteiger partial charge on any atom is 0.255 e. The molecule has 2 aromatic rings. The summed E-state index contributed by atoms with van der Waals surface area (Å²) < 4.78 is 1.96. The van der Waals surface area contributed by atoms with Gasteiger partial charge in [-0.1, -0.05) is 12.1 Å². The van der Waals surface area contributed by atoms with E-state index >= 15 is 0 Å². The number of carbonyl (C=O) groups excluding carboxylic acids is 1. The number of hydrogen-bond acceptors (Lipinski definition) is 3. The first-order chi connectivity index (χ1) is 11.3. The minimum atomic E-state index is -0.0207. The highest BCUT2D eigenvalue weighted by molar-refractivity contribution is 5.96. The second-order valence-corrected chi connectivity index (χ2v) is 5.95. The van der Waals surface area contributed by atoms with Gasteiger partial charge in [-0.25, -0.2) is 0 Å². The molecule has 0 unspecified atom stereocenters. The molecular weight excluding hydrogens is 288 g/mol. The van der Waals surface area contributed by atoms with Crippen LogP contribution in [0.15, 0.2) is 42.7 Å². The third-order valence-electron chi connectivity index (χ3n) is 4.51. The number of nitrogens with zero attached hydrogens (tertiary/aromatic N) is 4. The van der Waals surface area contributed by atoms with Crippen LogP contribution in [0.2, 0.25) is 0 Å². The fourth-order valence-electron chi connectivity index (χ4n) is 3.11. The van der Waals surface area contributed by atoms with Crippen LogP contribution in [-0.2, 0) is 6.54 Å². The maximum atomic E-state index is 12.6. The highest BCUT2D eigenvalue weighted by Gasteiger charge is 2.24. The smallest absolute Gasteiger partial charge is 0.255 e. The van der Waals surface area contributed by atoms with Gasteiger partial charge in [0.25, 0.3) is 5.91 Å². The molecular formula is C18H20N4O. The number of likely N-dealkylation sites (tertiary alicyclic amines) is 1. The minimum Gasteiger partial charge on any atom is -0.339 e. The monoisotopic (exact) mass is 308 g/mol. The highest BCUT2D eigenvalue weighted by atomic mass is 16.2. The molecule has 1 amide bonds. The van der Waals surface area contributed by atoms with Gasteiger partial charge in [0.15, 0.2) is 0 Å². The van der Waals surface area contributed by atoms with Crippen molar-refractivity contribution in [2.45, 2.75) is 25.8 Å². The van der Waals surface area contributed by atoms with Gasteiger partial charge < -0.3 is 4.90 Å². The molecule has 0 bridgehead atoms. The van der Waals surface area contributed by atoms with Gasteiger partial charge in [0.1, 0.15) is 0 Å². The molecule has 1 fully saturated rings. The van der Waals surface area contributed by atoms with Gasteiger partial charge in [-0.15, -0.1) is 0 Å². The molecule has 0 atom stereocenters. The van der Waals surface area contributed by atoms with Crippen LogP contribution in [0.5, 0.6) is 0 Å². The average molecular weight is 308 g/mol. The van der Waals surface area contributed by atoms with Crippen molar-refractivity contribution < 1.29 is 4.79 Å². The van der Waals surface area contributed by atoms with Gasteiger partial charge in [0, 0.05) is 32.0 Å². The molecule has 2 heterocycles. The Morgan fingerprint density at radius 1 is 1.26 bits per heavy atom. The SMILES string of the molecule is N#Cc1ccccc1C(=O)N1CCC(CCn2cccn2)CC1. The molecule has 5 heteroatoms. The zero-order valence-electron chi connectivity index (χ0n) is 13.1. The van der Waals surface area contributed by atoms with E-state index in [1.54, 1.807) is 24.4 Å². The molecule has 23 heavy (non-hydrogen) atoms. The van der Waals surface area contributed by atoms with Crippen LogP contribution >= 0.6 is 0 Å². The quantitative estimate of drug-likeness (QED) is 0.872. The van der Waals surface area contributed by atoms with Crippen LogP contribution in [0.25, 0.3) is 0 Å². The number of hydrogen-bond donors (Lipinski definition) is 0. The molecule has 1 aliphatic heterocycles. The summed E-state index contributed by atoms with van der Waals surface area (Å²) in [5.74, 6) is 0.613. The van der Waals surface area contributed by atoms with Crippen molar-refractivity contribution in [1.82, 2.24) is 14.7 Å². The Labute approximate surface area is 136 Å². The lowest BCUT2D eigenvalue weighted by Gasteiger charge is -2.32. The van der Waals surface area contributed by atoms with Crippen LogP contribution < -0.4 is 0 Å². The highest BCUT2D eigenvalue weighted by Crippen LogP contribution is 2.23. The molecule has 5 nitrogen and oxygen atoms in total. The topological polar surface area (TPSA) is 61.9 Å². The van der Waals surface area contributed by atoms with Crippen molar-refractivity contribution in [1.29, 1.82) is 5.26 Å². The van der Waals surface area contributed by atoms with E-state index < -0.39 is 0 Å². The molecule has 3 rings (SSSR count). The number of aromatic nitrogens is 2. The van der Waals surface area contributed by atoms with E-state index in [-0.39, 0.29) is 5.91 Å². The van der Waals surface area contributed by atoms with Crippen LogP contribution in [0.3, 0.4) is 0 Å². The van der Waals surface area contributed by atoms with E-state index in [4.69, 9.17) is 5.26 Å². The van der Waals surface area contributed by atoms with Gasteiger partial charge >= 0.3 is 0 Å².